The van der Waals surface area contributed by atoms with Crippen molar-refractivity contribution >= 4 is 41.0 Å². The first kappa shape index (κ1) is 41.5. The monoisotopic (exact) mass is 729 g/mol. The van der Waals surface area contributed by atoms with E-state index in [1.807, 2.05) is 76.9 Å². The zero-order valence-electron chi connectivity index (χ0n) is 31.3. The maximum Gasteiger partial charge on any atom is 0.336 e. The van der Waals surface area contributed by atoms with Gasteiger partial charge in [0.05, 0.1) is 18.7 Å². The first-order valence-corrected chi connectivity index (χ1v) is 18.4. The van der Waals surface area contributed by atoms with Gasteiger partial charge < -0.3 is 30.1 Å². The van der Waals surface area contributed by atoms with Crippen molar-refractivity contribution in [3.05, 3.63) is 52.0 Å². The molecule has 3 N–H and O–H groups in total. The van der Waals surface area contributed by atoms with E-state index < -0.39 is 53.7 Å². The molecule has 1 aliphatic heterocycles. The Labute approximate surface area is 305 Å². The van der Waals surface area contributed by atoms with Crippen LogP contribution in [0.2, 0.25) is 0 Å². The van der Waals surface area contributed by atoms with Gasteiger partial charge >= 0.3 is 11.9 Å². The number of aromatic nitrogens is 1. The van der Waals surface area contributed by atoms with Crippen LogP contribution in [0.15, 0.2) is 35.7 Å². The zero-order chi connectivity index (χ0) is 38.0. The van der Waals surface area contributed by atoms with Gasteiger partial charge in [0.25, 0.3) is 5.91 Å². The standard InChI is InChI=1S/C37H55N5O8S/c1-10-23(4)30(40-36(48)37(6)17-14-18-41(37)7)34(46)42(8)28(22(2)3)20-29(50-24(5)43)33-39-27(21-51-33)32(45)38-26(31(44)35(47)49-9)19-25-15-12-11-13-16-25/h11-13,15-16,21-23,26,28-31,44H,10,14,17-20H2,1-9H3,(H,38,45)(H,40,48)/t23-,26-,28+,29+,30-,31+,37+/m0/s1. The first-order chi connectivity index (χ1) is 24.0. The van der Waals surface area contributed by atoms with Crippen LogP contribution in [0.4, 0.5) is 0 Å². The number of thiazole rings is 1. The summed E-state index contributed by atoms with van der Waals surface area (Å²) in [6, 6.07) is 6.88. The molecule has 0 saturated carbocycles. The molecule has 14 heteroatoms. The number of likely N-dealkylation sites (N-methyl/N-ethyl adjacent to an activating group) is 2. The molecule has 13 nitrogen and oxygen atoms in total. The Bertz CT molecular complexity index is 1500. The van der Waals surface area contributed by atoms with E-state index in [4.69, 9.17) is 9.47 Å². The van der Waals surface area contributed by atoms with Gasteiger partial charge in [0, 0.05) is 31.8 Å². The van der Waals surface area contributed by atoms with Gasteiger partial charge in [-0.25, -0.2) is 9.78 Å². The average Bonchev–Trinajstić information content (AvgIpc) is 3.74. The molecule has 282 valence electrons. The fourth-order valence-corrected chi connectivity index (χ4v) is 7.26. The number of aliphatic hydroxyl groups is 1. The molecule has 3 amide bonds. The van der Waals surface area contributed by atoms with Gasteiger partial charge in [0.2, 0.25) is 11.8 Å². The van der Waals surface area contributed by atoms with Crippen LogP contribution in [0.1, 0.15) is 94.4 Å². The van der Waals surface area contributed by atoms with Crippen LogP contribution in [0.25, 0.3) is 0 Å². The van der Waals surface area contributed by atoms with E-state index in [1.54, 1.807) is 11.9 Å². The summed E-state index contributed by atoms with van der Waals surface area (Å²) in [5, 5.41) is 18.3. The summed E-state index contributed by atoms with van der Waals surface area (Å²) in [5.74, 6) is -2.71. The third kappa shape index (κ3) is 10.6. The molecule has 0 unspecified atom stereocenters. The predicted octanol–water partition coefficient (Wildman–Crippen LogP) is 3.51. The number of likely N-dealkylation sites (tertiary alicyclic amines) is 1. The van der Waals surface area contributed by atoms with Crippen LogP contribution >= 0.6 is 11.3 Å². The summed E-state index contributed by atoms with van der Waals surface area (Å²) in [6.07, 6.45) is 0.106. The number of rotatable bonds is 17. The number of esters is 2. The molecular formula is C37H55N5O8S. The molecule has 0 bridgehead atoms. The summed E-state index contributed by atoms with van der Waals surface area (Å²) in [4.78, 5) is 73.9. The highest BCUT2D eigenvalue weighted by molar-refractivity contribution is 7.09. The molecule has 0 aliphatic carbocycles. The van der Waals surface area contributed by atoms with Gasteiger partial charge in [-0.3, -0.25) is 24.1 Å². The molecule has 1 aromatic heterocycles. The van der Waals surface area contributed by atoms with Crippen LogP contribution in [-0.2, 0) is 35.1 Å². The molecule has 1 aliphatic rings. The largest absolute Gasteiger partial charge is 0.467 e. The van der Waals surface area contributed by atoms with Crippen molar-refractivity contribution in [2.24, 2.45) is 11.8 Å². The molecule has 1 saturated heterocycles. The Balaban J connectivity index is 1.84. The fraction of sp³-hybridized carbons (Fsp3) is 0.622. The van der Waals surface area contributed by atoms with Gasteiger partial charge in [-0.2, -0.15) is 0 Å². The van der Waals surface area contributed by atoms with Crippen molar-refractivity contribution < 1.29 is 38.6 Å². The highest BCUT2D eigenvalue weighted by Gasteiger charge is 2.44. The minimum Gasteiger partial charge on any atom is -0.467 e. The van der Waals surface area contributed by atoms with Gasteiger partial charge in [-0.15, -0.1) is 11.3 Å². The molecule has 2 heterocycles. The smallest absolute Gasteiger partial charge is 0.336 e. The van der Waals surface area contributed by atoms with Crippen molar-refractivity contribution in [2.45, 2.75) is 110 Å². The Kier molecular flexibility index (Phi) is 15.1. The number of hydrogen-bond acceptors (Lipinski definition) is 11. The molecule has 2 aromatic rings. The lowest BCUT2D eigenvalue weighted by Crippen LogP contribution is -2.60. The molecule has 1 aromatic carbocycles. The molecule has 7 atom stereocenters. The Morgan fingerprint density at radius 1 is 1.12 bits per heavy atom. The Hall–Kier alpha value is -3.88. The third-order valence-corrected chi connectivity index (χ3v) is 11.0. The van der Waals surface area contributed by atoms with Crippen molar-refractivity contribution in [2.75, 3.05) is 27.7 Å². The molecule has 0 spiro atoms. The van der Waals surface area contributed by atoms with Gasteiger partial charge in [0.15, 0.2) is 12.2 Å². The second-order valence-electron chi connectivity index (χ2n) is 14.0. The van der Waals surface area contributed by atoms with Gasteiger partial charge in [0.1, 0.15) is 16.7 Å². The number of carbonyl (C=O) groups excluding carboxylic acids is 5. The molecule has 51 heavy (non-hydrogen) atoms. The Morgan fingerprint density at radius 3 is 2.33 bits per heavy atom. The number of benzene rings is 1. The highest BCUT2D eigenvalue weighted by atomic mass is 32.1. The summed E-state index contributed by atoms with van der Waals surface area (Å²) in [5.41, 5.74) is 0.0990. The quantitative estimate of drug-likeness (QED) is 0.205. The molecule has 1 fully saturated rings. The normalized spacial score (nSPS) is 19.7. The lowest BCUT2D eigenvalue weighted by Gasteiger charge is -2.38. The summed E-state index contributed by atoms with van der Waals surface area (Å²) < 4.78 is 10.4. The number of aliphatic hydroxyl groups excluding tert-OH is 1. The van der Waals surface area contributed by atoms with Crippen LogP contribution in [0.3, 0.4) is 0 Å². The summed E-state index contributed by atoms with van der Waals surface area (Å²) >= 11 is 1.12. The highest BCUT2D eigenvalue weighted by Crippen LogP contribution is 2.32. The number of methoxy groups -OCH3 is 1. The number of nitrogens with zero attached hydrogens (tertiary/aromatic N) is 3. The fourth-order valence-electron chi connectivity index (χ4n) is 6.42. The predicted molar refractivity (Wildman–Crippen MR) is 194 cm³/mol. The topological polar surface area (TPSA) is 167 Å². The van der Waals surface area contributed by atoms with Gasteiger partial charge in [-0.05, 0) is 57.2 Å². The SMILES string of the molecule is CC[C@H](C)[C@H](NC(=O)[C@@]1(C)CCCN1C)C(=O)N(C)[C@H](C[C@@H](OC(C)=O)c1nc(C(=O)N[C@@H](Cc2ccccc2)[C@@H](O)C(=O)OC)cs1)C(C)C. The minimum absolute atomic E-state index is 0.0118. The van der Waals surface area contributed by atoms with Crippen LogP contribution in [-0.4, -0.2) is 107 Å². The number of nitrogens with one attached hydrogen (secondary N) is 2. The van der Waals surface area contributed by atoms with Crippen molar-refractivity contribution in [3.63, 3.8) is 0 Å². The van der Waals surface area contributed by atoms with E-state index >= 15 is 0 Å². The van der Waals surface area contributed by atoms with Crippen molar-refractivity contribution in [1.82, 2.24) is 25.4 Å². The van der Waals surface area contributed by atoms with E-state index in [0.717, 1.165) is 37.0 Å². The first-order valence-electron chi connectivity index (χ1n) is 17.6. The number of hydrogen-bond donors (Lipinski definition) is 3. The van der Waals surface area contributed by atoms with Crippen molar-refractivity contribution in [1.29, 1.82) is 0 Å². The minimum atomic E-state index is -1.63. The van der Waals surface area contributed by atoms with E-state index in [0.29, 0.717) is 17.8 Å². The zero-order valence-corrected chi connectivity index (χ0v) is 32.1. The van der Waals surface area contributed by atoms with E-state index in [-0.39, 0.29) is 42.2 Å². The maximum absolute atomic E-state index is 14.2. The van der Waals surface area contributed by atoms with Crippen LogP contribution < -0.4 is 10.6 Å². The lowest BCUT2D eigenvalue weighted by atomic mass is 9.91. The maximum atomic E-state index is 14.2. The van der Waals surface area contributed by atoms with Gasteiger partial charge in [-0.1, -0.05) is 64.4 Å². The van der Waals surface area contributed by atoms with Crippen LogP contribution in [0, 0.1) is 11.8 Å². The van der Waals surface area contributed by atoms with E-state index in [9.17, 15) is 29.1 Å². The number of amides is 3. The Morgan fingerprint density at radius 2 is 1.78 bits per heavy atom. The number of carbonyl (C=O) groups is 5. The average molecular weight is 730 g/mol. The van der Waals surface area contributed by atoms with E-state index in [1.165, 1.54) is 12.3 Å². The lowest BCUT2D eigenvalue weighted by molar-refractivity contribution is -0.152. The molecular weight excluding hydrogens is 675 g/mol. The second kappa shape index (κ2) is 18.6. The molecule has 0 radical (unpaired) electrons. The third-order valence-electron chi connectivity index (χ3n) is 10.1. The second-order valence-corrected chi connectivity index (χ2v) is 14.9. The van der Waals surface area contributed by atoms with Crippen molar-refractivity contribution in [3.8, 4) is 0 Å². The van der Waals surface area contributed by atoms with E-state index in [2.05, 4.69) is 15.6 Å². The molecule has 3 rings (SSSR count). The van der Waals surface area contributed by atoms with Crippen LogP contribution in [0.5, 0.6) is 0 Å². The summed E-state index contributed by atoms with van der Waals surface area (Å²) in [6.45, 7) is 11.8. The summed E-state index contributed by atoms with van der Waals surface area (Å²) in [7, 11) is 4.77. The number of ether oxygens (including phenoxy) is 2.